The first-order valence-electron chi connectivity index (χ1n) is 6.89. The molecule has 0 radical (unpaired) electrons. The lowest BCUT2D eigenvalue weighted by Gasteiger charge is -2.20. The van der Waals surface area contributed by atoms with E-state index in [4.69, 9.17) is 11.5 Å². The van der Waals surface area contributed by atoms with Gasteiger partial charge in [-0.05, 0) is 31.0 Å². The van der Waals surface area contributed by atoms with Crippen LogP contribution in [0.2, 0.25) is 0 Å². The Morgan fingerprint density at radius 3 is 2.90 bits per heavy atom. The molecule has 0 saturated carbocycles. The molecule has 5 N–H and O–H groups in total. The summed E-state index contributed by atoms with van der Waals surface area (Å²) < 4.78 is 0. The quantitative estimate of drug-likeness (QED) is 0.729. The second-order valence-electron chi connectivity index (χ2n) is 5.05. The molecule has 20 heavy (non-hydrogen) atoms. The summed E-state index contributed by atoms with van der Waals surface area (Å²) in [5.74, 6) is -0.0460. The number of H-pyrrole nitrogens is 1. The summed E-state index contributed by atoms with van der Waals surface area (Å²) in [7, 11) is 1.79. The normalized spacial score (nSPS) is 12.6. The summed E-state index contributed by atoms with van der Waals surface area (Å²) in [5.41, 5.74) is 13.6. The summed E-state index contributed by atoms with van der Waals surface area (Å²) in [6.07, 6.45) is 3.33. The number of carbonyl (C=O) groups excluding carboxylic acids is 1. The largest absolute Gasteiger partial charge is 0.361 e. The second-order valence-corrected chi connectivity index (χ2v) is 5.05. The predicted molar refractivity (Wildman–Crippen MR) is 81.3 cm³/mol. The van der Waals surface area contributed by atoms with Gasteiger partial charge in [0.05, 0.1) is 6.04 Å². The number of nitrogens with zero attached hydrogens (tertiary/aromatic N) is 1. The number of carbonyl (C=O) groups is 1. The highest BCUT2D eigenvalue weighted by Gasteiger charge is 2.17. The standard InChI is InChI=1S/C15H22N4O/c1-19(15(20)13(17)6-8-16)9-7-11-10-18-14-5-3-2-4-12(11)14/h2-5,10,13,18H,6-9,16-17H2,1H3. The highest BCUT2D eigenvalue weighted by atomic mass is 16.2. The van der Waals surface area contributed by atoms with Crippen LogP contribution in [0, 0.1) is 0 Å². The predicted octanol–water partition coefficient (Wildman–Crippen LogP) is 0.845. The number of amides is 1. The summed E-state index contributed by atoms with van der Waals surface area (Å²) in [6.45, 7) is 1.09. The number of hydrogen-bond donors (Lipinski definition) is 3. The van der Waals surface area contributed by atoms with E-state index in [0.29, 0.717) is 19.5 Å². The monoisotopic (exact) mass is 274 g/mol. The van der Waals surface area contributed by atoms with Gasteiger partial charge in [-0.3, -0.25) is 4.79 Å². The highest BCUT2D eigenvalue weighted by molar-refractivity contribution is 5.83. The first-order valence-corrected chi connectivity index (χ1v) is 6.89. The van der Waals surface area contributed by atoms with Gasteiger partial charge in [-0.1, -0.05) is 18.2 Å². The molecule has 1 atom stereocenters. The number of likely N-dealkylation sites (N-methyl/N-ethyl adjacent to an activating group) is 1. The maximum absolute atomic E-state index is 12.0. The van der Waals surface area contributed by atoms with Gasteiger partial charge in [0.2, 0.25) is 5.91 Å². The molecule has 0 aliphatic carbocycles. The summed E-state index contributed by atoms with van der Waals surface area (Å²) >= 11 is 0. The van der Waals surface area contributed by atoms with Gasteiger partial charge in [0, 0.05) is 30.7 Å². The van der Waals surface area contributed by atoms with Crippen LogP contribution in [0.3, 0.4) is 0 Å². The first kappa shape index (κ1) is 14.6. The van der Waals surface area contributed by atoms with Gasteiger partial charge in [0.15, 0.2) is 0 Å². The zero-order valence-corrected chi connectivity index (χ0v) is 11.8. The van der Waals surface area contributed by atoms with Gasteiger partial charge in [0.25, 0.3) is 0 Å². The minimum atomic E-state index is -0.493. The molecular weight excluding hydrogens is 252 g/mol. The van der Waals surface area contributed by atoms with Crippen molar-refractivity contribution in [1.82, 2.24) is 9.88 Å². The molecule has 0 bridgehead atoms. The van der Waals surface area contributed by atoms with Crippen molar-refractivity contribution in [1.29, 1.82) is 0 Å². The average molecular weight is 274 g/mol. The van der Waals surface area contributed by atoms with Gasteiger partial charge >= 0.3 is 0 Å². The zero-order chi connectivity index (χ0) is 14.5. The van der Waals surface area contributed by atoms with E-state index in [9.17, 15) is 4.79 Å². The number of aromatic nitrogens is 1. The molecular formula is C15H22N4O. The highest BCUT2D eigenvalue weighted by Crippen LogP contribution is 2.18. The zero-order valence-electron chi connectivity index (χ0n) is 11.8. The molecule has 0 fully saturated rings. The van der Waals surface area contributed by atoms with Crippen molar-refractivity contribution in [3.05, 3.63) is 36.0 Å². The maximum Gasteiger partial charge on any atom is 0.239 e. The van der Waals surface area contributed by atoms with E-state index in [1.165, 1.54) is 10.9 Å². The molecule has 1 aromatic carbocycles. The topological polar surface area (TPSA) is 88.1 Å². The number of benzene rings is 1. The fourth-order valence-electron chi connectivity index (χ4n) is 2.32. The molecule has 108 valence electrons. The Labute approximate surface area is 118 Å². The number of rotatable bonds is 6. The number of nitrogens with one attached hydrogen (secondary N) is 1. The molecule has 2 rings (SSSR count). The van der Waals surface area contributed by atoms with Gasteiger partial charge in [-0.15, -0.1) is 0 Å². The molecule has 1 aromatic heterocycles. The van der Waals surface area contributed by atoms with Crippen molar-refractivity contribution in [2.24, 2.45) is 11.5 Å². The summed E-state index contributed by atoms with van der Waals surface area (Å²) in [5, 5.41) is 1.21. The minimum absolute atomic E-state index is 0.0460. The lowest BCUT2D eigenvalue weighted by atomic mass is 10.1. The van der Waals surface area contributed by atoms with E-state index in [-0.39, 0.29) is 5.91 Å². The Morgan fingerprint density at radius 2 is 2.15 bits per heavy atom. The Kier molecular flexibility index (Phi) is 4.76. The van der Waals surface area contributed by atoms with Crippen molar-refractivity contribution in [2.45, 2.75) is 18.9 Å². The maximum atomic E-state index is 12.0. The molecule has 1 amide bonds. The third kappa shape index (κ3) is 3.18. The van der Waals surface area contributed by atoms with Gasteiger partial charge in [-0.2, -0.15) is 0 Å². The molecule has 2 aromatic rings. The summed E-state index contributed by atoms with van der Waals surface area (Å²) in [4.78, 5) is 16.9. The van der Waals surface area contributed by atoms with E-state index >= 15 is 0 Å². The minimum Gasteiger partial charge on any atom is -0.361 e. The van der Waals surface area contributed by atoms with Crippen LogP contribution in [0.25, 0.3) is 10.9 Å². The van der Waals surface area contributed by atoms with Crippen LogP contribution in [0.15, 0.2) is 30.5 Å². The second kappa shape index (κ2) is 6.54. The van der Waals surface area contributed by atoms with Crippen LogP contribution in [-0.4, -0.2) is 42.0 Å². The van der Waals surface area contributed by atoms with Crippen LogP contribution >= 0.6 is 0 Å². The van der Waals surface area contributed by atoms with Crippen LogP contribution in [0.4, 0.5) is 0 Å². The van der Waals surface area contributed by atoms with Crippen LogP contribution < -0.4 is 11.5 Å². The number of nitrogens with two attached hydrogens (primary N) is 2. The Morgan fingerprint density at radius 1 is 1.40 bits per heavy atom. The number of para-hydroxylation sites is 1. The Hall–Kier alpha value is -1.85. The van der Waals surface area contributed by atoms with E-state index in [2.05, 4.69) is 11.1 Å². The van der Waals surface area contributed by atoms with E-state index in [1.807, 2.05) is 24.4 Å². The molecule has 0 saturated heterocycles. The lowest BCUT2D eigenvalue weighted by molar-refractivity contribution is -0.131. The van der Waals surface area contributed by atoms with Crippen molar-refractivity contribution >= 4 is 16.8 Å². The molecule has 5 nitrogen and oxygen atoms in total. The number of aromatic amines is 1. The van der Waals surface area contributed by atoms with Crippen molar-refractivity contribution < 1.29 is 4.79 Å². The summed E-state index contributed by atoms with van der Waals surface area (Å²) in [6, 6.07) is 7.66. The van der Waals surface area contributed by atoms with Crippen LogP contribution in [0.5, 0.6) is 0 Å². The molecule has 5 heteroatoms. The number of hydrogen-bond acceptors (Lipinski definition) is 3. The van der Waals surface area contributed by atoms with Gasteiger partial charge in [0.1, 0.15) is 0 Å². The first-order chi connectivity index (χ1) is 9.63. The van der Waals surface area contributed by atoms with E-state index < -0.39 is 6.04 Å². The fourth-order valence-corrected chi connectivity index (χ4v) is 2.32. The van der Waals surface area contributed by atoms with E-state index in [1.54, 1.807) is 11.9 Å². The third-order valence-electron chi connectivity index (χ3n) is 3.56. The Balaban J connectivity index is 1.96. The fraction of sp³-hybridized carbons (Fsp3) is 0.400. The van der Waals surface area contributed by atoms with Gasteiger partial charge in [-0.25, -0.2) is 0 Å². The van der Waals surface area contributed by atoms with Crippen molar-refractivity contribution in [2.75, 3.05) is 20.1 Å². The molecule has 0 spiro atoms. The van der Waals surface area contributed by atoms with Crippen LogP contribution in [0.1, 0.15) is 12.0 Å². The van der Waals surface area contributed by atoms with Crippen LogP contribution in [-0.2, 0) is 11.2 Å². The Bertz CT molecular complexity index is 578. The van der Waals surface area contributed by atoms with Crippen molar-refractivity contribution in [3.63, 3.8) is 0 Å². The lowest BCUT2D eigenvalue weighted by Crippen LogP contribution is -2.43. The molecule has 1 unspecified atom stereocenters. The van der Waals surface area contributed by atoms with Gasteiger partial charge < -0.3 is 21.4 Å². The smallest absolute Gasteiger partial charge is 0.239 e. The SMILES string of the molecule is CN(CCc1c[nH]c2ccccc12)C(=O)C(N)CCN. The molecule has 1 heterocycles. The number of fused-ring (bicyclic) bond motifs is 1. The van der Waals surface area contributed by atoms with Crippen molar-refractivity contribution in [3.8, 4) is 0 Å². The average Bonchev–Trinajstić information content (AvgIpc) is 2.87. The van der Waals surface area contributed by atoms with E-state index in [0.717, 1.165) is 11.9 Å². The molecule has 0 aliphatic heterocycles. The molecule has 0 aliphatic rings. The third-order valence-corrected chi connectivity index (χ3v) is 3.56.